The fourth-order valence-electron chi connectivity index (χ4n) is 5.37. The molecule has 0 saturated carbocycles. The highest BCUT2D eigenvalue weighted by Gasteiger charge is 2.35. The number of fused-ring (bicyclic) bond motifs is 1. The highest BCUT2D eigenvalue weighted by Crippen LogP contribution is 2.37. The summed E-state index contributed by atoms with van der Waals surface area (Å²) in [5.41, 5.74) is 3.14. The van der Waals surface area contributed by atoms with Gasteiger partial charge in [0.15, 0.2) is 16.3 Å². The van der Waals surface area contributed by atoms with Crippen molar-refractivity contribution in [1.29, 1.82) is 0 Å². The lowest BCUT2D eigenvalue weighted by molar-refractivity contribution is -0.138. The van der Waals surface area contributed by atoms with Crippen molar-refractivity contribution in [2.75, 3.05) is 20.3 Å². The molecule has 0 radical (unpaired) electrons. The van der Waals surface area contributed by atoms with Crippen LogP contribution in [0.3, 0.4) is 0 Å². The van der Waals surface area contributed by atoms with Gasteiger partial charge in [-0.2, -0.15) is 0 Å². The Morgan fingerprint density at radius 1 is 0.896 bits per heavy atom. The van der Waals surface area contributed by atoms with E-state index in [0.717, 1.165) is 16.0 Å². The van der Waals surface area contributed by atoms with Gasteiger partial charge >= 0.3 is 11.9 Å². The smallest absolute Gasteiger partial charge is 0.338 e. The number of carbonyl (C=O) groups excluding carboxylic acids is 2. The van der Waals surface area contributed by atoms with Crippen LogP contribution in [0.4, 0.5) is 0 Å². The van der Waals surface area contributed by atoms with Crippen LogP contribution in [0.15, 0.2) is 106 Å². The molecule has 9 nitrogen and oxygen atoms in total. The number of thiophene rings is 1. The Kier molecular flexibility index (Phi) is 9.98. The van der Waals surface area contributed by atoms with E-state index >= 15 is 0 Å². The molecular weight excluding hydrogens is 649 g/mol. The molecule has 244 valence electrons. The number of nitrogens with zero attached hydrogens (tertiary/aromatic N) is 2. The summed E-state index contributed by atoms with van der Waals surface area (Å²) in [7, 11) is 1.55. The minimum Gasteiger partial charge on any atom is -0.493 e. The van der Waals surface area contributed by atoms with Gasteiger partial charge in [0.05, 0.1) is 41.7 Å². The van der Waals surface area contributed by atoms with Crippen LogP contribution in [0.2, 0.25) is 0 Å². The first-order valence-corrected chi connectivity index (χ1v) is 17.0. The molecule has 0 aliphatic carbocycles. The van der Waals surface area contributed by atoms with Gasteiger partial charge in [-0.3, -0.25) is 9.36 Å². The molecule has 0 fully saturated rings. The van der Waals surface area contributed by atoms with Crippen molar-refractivity contribution in [1.82, 2.24) is 4.57 Å². The second-order valence-corrected chi connectivity index (χ2v) is 12.5. The summed E-state index contributed by atoms with van der Waals surface area (Å²) in [6.45, 7) is 4.18. The maximum Gasteiger partial charge on any atom is 0.338 e. The van der Waals surface area contributed by atoms with Crippen LogP contribution < -0.4 is 24.4 Å². The van der Waals surface area contributed by atoms with Crippen LogP contribution in [0.5, 0.6) is 11.5 Å². The highest BCUT2D eigenvalue weighted by molar-refractivity contribution is 7.10. The Morgan fingerprint density at radius 3 is 2.33 bits per heavy atom. The minimum absolute atomic E-state index is 0.181. The number of methoxy groups -OCH3 is 1. The number of aromatic nitrogens is 1. The molecule has 5 aromatic rings. The molecule has 0 spiro atoms. The second-order valence-electron chi connectivity index (χ2n) is 10.5. The fraction of sp³-hybridized carbons (Fsp3) is 0.189. The van der Waals surface area contributed by atoms with Crippen molar-refractivity contribution in [3.63, 3.8) is 0 Å². The van der Waals surface area contributed by atoms with Crippen LogP contribution in [-0.4, -0.2) is 36.8 Å². The molecule has 0 amide bonds. The summed E-state index contributed by atoms with van der Waals surface area (Å²) in [6.07, 6.45) is 1.76. The zero-order chi connectivity index (χ0) is 33.6. The van der Waals surface area contributed by atoms with Crippen molar-refractivity contribution in [3.8, 4) is 11.5 Å². The third-order valence-electron chi connectivity index (χ3n) is 7.55. The predicted molar refractivity (Wildman–Crippen MR) is 185 cm³/mol. The summed E-state index contributed by atoms with van der Waals surface area (Å²) in [6, 6.07) is 25.0. The SMILES string of the molecule is CCOC(=O)C1=C(c2ccccc2)N=c2s/c(=C\c3cccc(OC)c3OCc3ccc(C(=O)OCC)cc3)c(=O)n2[C@@H]1c1cccs1. The fourth-order valence-corrected chi connectivity index (χ4v) is 7.18. The molecular formula is C37H32N2O7S2. The maximum absolute atomic E-state index is 14.3. The van der Waals surface area contributed by atoms with Crippen LogP contribution in [-0.2, 0) is 20.9 Å². The van der Waals surface area contributed by atoms with Crippen LogP contribution in [0.1, 0.15) is 51.8 Å². The third kappa shape index (κ3) is 6.60. The molecule has 1 aliphatic rings. The van der Waals surface area contributed by atoms with Crippen LogP contribution in [0, 0.1) is 0 Å². The first kappa shape index (κ1) is 32.7. The Balaban J connectivity index is 1.45. The van der Waals surface area contributed by atoms with Gasteiger partial charge in [-0.1, -0.05) is 72.0 Å². The molecule has 0 bridgehead atoms. The Labute approximate surface area is 284 Å². The molecule has 0 unspecified atom stereocenters. The van der Waals surface area contributed by atoms with Crippen molar-refractivity contribution in [3.05, 3.63) is 143 Å². The van der Waals surface area contributed by atoms with E-state index in [0.29, 0.717) is 49.8 Å². The van der Waals surface area contributed by atoms with Gasteiger partial charge in [0.25, 0.3) is 5.56 Å². The summed E-state index contributed by atoms with van der Waals surface area (Å²) in [4.78, 5) is 46.1. The van der Waals surface area contributed by atoms with Crippen molar-refractivity contribution in [2.45, 2.75) is 26.5 Å². The lowest BCUT2D eigenvalue weighted by atomic mass is 9.97. The van der Waals surface area contributed by atoms with E-state index in [1.54, 1.807) is 61.9 Å². The standard InChI is InChI=1S/C37H32N2O7S2/c1-4-44-35(41)25-18-16-23(17-19-25)22-46-33-26(13-9-14-27(33)43-3)21-29-34(40)39-32(28-15-10-20-47-28)30(36(42)45-5-2)31(38-37(39)48-29)24-11-7-6-8-12-24/h6-21,32H,4-5,22H2,1-3H3/b29-21-/t32-/m1/s1. The molecule has 2 aromatic heterocycles. The quantitative estimate of drug-likeness (QED) is 0.163. The number of esters is 2. The first-order chi connectivity index (χ1) is 23.4. The lowest BCUT2D eigenvalue weighted by Crippen LogP contribution is -2.39. The third-order valence-corrected chi connectivity index (χ3v) is 9.46. The Hall–Kier alpha value is -5.26. The Bertz CT molecular complexity index is 2150. The maximum atomic E-state index is 14.3. The van der Waals surface area contributed by atoms with Gasteiger partial charge in [0, 0.05) is 16.0 Å². The molecule has 3 aromatic carbocycles. The van der Waals surface area contributed by atoms with Crippen molar-refractivity contribution < 1.29 is 28.5 Å². The number of rotatable bonds is 11. The number of benzene rings is 3. The summed E-state index contributed by atoms with van der Waals surface area (Å²) in [5, 5.41) is 1.92. The summed E-state index contributed by atoms with van der Waals surface area (Å²) < 4.78 is 24.5. The zero-order valence-electron chi connectivity index (χ0n) is 26.5. The van der Waals surface area contributed by atoms with E-state index in [4.69, 9.17) is 23.9 Å². The van der Waals surface area contributed by atoms with Crippen molar-refractivity contribution in [2.24, 2.45) is 4.99 Å². The summed E-state index contributed by atoms with van der Waals surface area (Å²) in [5.74, 6) is 0.0379. The molecule has 6 rings (SSSR count). The molecule has 3 heterocycles. The molecule has 1 atom stereocenters. The van der Waals surface area contributed by atoms with Gasteiger partial charge in [-0.25, -0.2) is 14.6 Å². The number of thiazole rings is 1. The van der Waals surface area contributed by atoms with Gasteiger partial charge in [-0.15, -0.1) is 11.3 Å². The Morgan fingerprint density at radius 2 is 1.65 bits per heavy atom. The number of carbonyl (C=O) groups is 2. The van der Waals surface area contributed by atoms with E-state index < -0.39 is 12.0 Å². The molecule has 0 saturated heterocycles. The molecule has 11 heteroatoms. The summed E-state index contributed by atoms with van der Waals surface area (Å²) >= 11 is 2.69. The van der Waals surface area contributed by atoms with Gasteiger partial charge in [-0.05, 0) is 55.1 Å². The second kappa shape index (κ2) is 14.7. The molecule has 48 heavy (non-hydrogen) atoms. The molecule has 1 aliphatic heterocycles. The highest BCUT2D eigenvalue weighted by atomic mass is 32.1. The normalized spacial score (nSPS) is 14.2. The number of hydrogen-bond acceptors (Lipinski definition) is 10. The van der Waals surface area contributed by atoms with Gasteiger partial charge < -0.3 is 18.9 Å². The van der Waals surface area contributed by atoms with E-state index in [-0.39, 0.29) is 24.7 Å². The minimum atomic E-state index is -0.726. The topological polar surface area (TPSA) is 105 Å². The van der Waals surface area contributed by atoms with Crippen molar-refractivity contribution >= 4 is 46.4 Å². The van der Waals surface area contributed by atoms with Crippen LogP contribution in [0.25, 0.3) is 11.8 Å². The van der Waals surface area contributed by atoms with E-state index in [2.05, 4.69) is 0 Å². The van der Waals surface area contributed by atoms with E-state index in [1.165, 1.54) is 22.7 Å². The monoisotopic (exact) mass is 680 g/mol. The predicted octanol–water partition coefficient (Wildman–Crippen LogP) is 5.76. The average molecular weight is 681 g/mol. The van der Waals surface area contributed by atoms with E-state index in [9.17, 15) is 14.4 Å². The number of ether oxygens (including phenoxy) is 4. The number of hydrogen-bond donors (Lipinski definition) is 0. The lowest BCUT2D eigenvalue weighted by Gasteiger charge is -2.24. The first-order valence-electron chi connectivity index (χ1n) is 15.3. The largest absolute Gasteiger partial charge is 0.493 e. The van der Waals surface area contributed by atoms with Gasteiger partial charge in [0.2, 0.25) is 0 Å². The number of para-hydroxylation sites is 1. The van der Waals surface area contributed by atoms with Gasteiger partial charge in [0.1, 0.15) is 12.6 Å². The zero-order valence-corrected chi connectivity index (χ0v) is 28.1. The van der Waals surface area contributed by atoms with E-state index in [1.807, 2.05) is 60.0 Å². The average Bonchev–Trinajstić information content (AvgIpc) is 3.76. The molecule has 0 N–H and O–H groups in total. The van der Waals surface area contributed by atoms with Crippen LogP contribution >= 0.6 is 22.7 Å².